The fourth-order valence-corrected chi connectivity index (χ4v) is 6.35. The van der Waals surface area contributed by atoms with Crippen molar-refractivity contribution < 1.29 is 33.0 Å². The number of carbonyl (C=O) groups excluding carboxylic acids is 1. The largest absolute Gasteiger partial charge is 0.489 e. The van der Waals surface area contributed by atoms with Crippen LogP contribution < -0.4 is 15.1 Å². The molecular weight excluding hydrogens is 554 g/mol. The van der Waals surface area contributed by atoms with Gasteiger partial charge >= 0.3 is 11.6 Å². The minimum Gasteiger partial charge on any atom is -0.489 e. The predicted octanol–water partition coefficient (Wildman–Crippen LogP) is 5.05. The molecule has 2 aromatic carbocycles. The Morgan fingerprint density at radius 1 is 1.02 bits per heavy atom. The van der Waals surface area contributed by atoms with Crippen LogP contribution in [0.3, 0.4) is 0 Å². The van der Waals surface area contributed by atoms with Crippen LogP contribution in [-0.4, -0.2) is 50.4 Å². The van der Waals surface area contributed by atoms with E-state index in [4.69, 9.17) is 18.3 Å². The second kappa shape index (κ2) is 11.8. The van der Waals surface area contributed by atoms with E-state index in [-0.39, 0.29) is 57.4 Å². The van der Waals surface area contributed by atoms with E-state index in [1.165, 1.54) is 11.0 Å². The third kappa shape index (κ3) is 6.14. The molecule has 2 aliphatic rings. The van der Waals surface area contributed by atoms with Crippen molar-refractivity contribution in [3.63, 3.8) is 0 Å². The van der Waals surface area contributed by atoms with Crippen molar-refractivity contribution in [1.29, 1.82) is 0 Å². The minimum atomic E-state index is -1.13. The third-order valence-electron chi connectivity index (χ3n) is 7.69. The van der Waals surface area contributed by atoms with Crippen LogP contribution in [-0.2, 0) is 20.6 Å². The average Bonchev–Trinajstić information content (AvgIpc) is 3.18. The van der Waals surface area contributed by atoms with Gasteiger partial charge in [0.25, 0.3) is 0 Å². The van der Waals surface area contributed by atoms with Gasteiger partial charge in [0, 0.05) is 29.0 Å². The zero-order chi connectivity index (χ0) is 30.2. The average molecular weight is 590 g/mol. The summed E-state index contributed by atoms with van der Waals surface area (Å²) in [6, 6.07) is 16.4. The summed E-state index contributed by atoms with van der Waals surface area (Å²) in [5.41, 5.74) is 1.70. The highest BCUT2D eigenvalue weighted by molar-refractivity contribution is 6.27. The fourth-order valence-electron chi connectivity index (χ4n) is 5.42. The molecule has 3 aromatic rings. The Labute approximate surface area is 247 Å². The molecule has 0 unspecified atom stereocenters. The van der Waals surface area contributed by atoms with Gasteiger partial charge in [-0.05, 0) is 54.3 Å². The maximum atomic E-state index is 13.1. The predicted molar refractivity (Wildman–Crippen MR) is 157 cm³/mol. The van der Waals surface area contributed by atoms with Crippen molar-refractivity contribution in [2.75, 3.05) is 6.61 Å². The fraction of sp³-hybridized carbons (Fsp3) is 0.406. The molecule has 1 fully saturated rings. The highest BCUT2D eigenvalue weighted by Crippen LogP contribution is 2.47. The van der Waals surface area contributed by atoms with Gasteiger partial charge < -0.3 is 28.3 Å². The van der Waals surface area contributed by atoms with Crippen molar-refractivity contribution >= 4 is 32.6 Å². The molecule has 9 nitrogen and oxygen atoms in total. The van der Waals surface area contributed by atoms with Gasteiger partial charge in [0.2, 0.25) is 15.7 Å². The summed E-state index contributed by atoms with van der Waals surface area (Å²) < 4.78 is 23.1. The van der Waals surface area contributed by atoms with Gasteiger partial charge in [-0.2, -0.15) is 0 Å². The second-order valence-corrected chi connectivity index (χ2v) is 13.0. The zero-order valence-electron chi connectivity index (χ0n) is 24.4. The summed E-state index contributed by atoms with van der Waals surface area (Å²) in [6.45, 7) is 10.7. The van der Waals surface area contributed by atoms with E-state index in [9.17, 15) is 19.5 Å². The molecule has 3 heterocycles. The first kappa shape index (κ1) is 29.6. The first-order valence-electron chi connectivity index (χ1n) is 14.0. The van der Waals surface area contributed by atoms with Crippen molar-refractivity contribution in [3.05, 3.63) is 81.9 Å². The number of hydrogen-bond acceptors (Lipinski definition) is 7. The van der Waals surface area contributed by atoms with Crippen LogP contribution in [0.2, 0.25) is 6.04 Å². The highest BCUT2D eigenvalue weighted by atomic mass is 28.2. The Bertz CT molecular complexity index is 1570. The monoisotopic (exact) mass is 589 g/mol. The number of ether oxygens (including phenoxy) is 2. The molecule has 0 bridgehead atoms. The Hall–Kier alpha value is -3.89. The number of amides is 1. The normalized spacial score (nSPS) is 20.8. The van der Waals surface area contributed by atoms with E-state index in [2.05, 4.69) is 20.8 Å². The lowest BCUT2D eigenvalue weighted by Crippen LogP contribution is -2.64. The lowest BCUT2D eigenvalue weighted by molar-refractivity contribution is -0.162. The van der Waals surface area contributed by atoms with Crippen LogP contribution in [0.25, 0.3) is 11.0 Å². The van der Waals surface area contributed by atoms with Crippen LogP contribution in [0.15, 0.2) is 75.1 Å². The van der Waals surface area contributed by atoms with Gasteiger partial charge in [0.05, 0.1) is 18.1 Å². The summed E-state index contributed by atoms with van der Waals surface area (Å²) in [6.07, 6.45) is -0.292. The number of aliphatic carboxylic acids is 1. The van der Waals surface area contributed by atoms with Crippen molar-refractivity contribution in [3.8, 4) is 11.5 Å². The molecule has 0 saturated carbocycles. The van der Waals surface area contributed by atoms with Gasteiger partial charge in [-0.3, -0.25) is 4.79 Å². The SMILES string of the molecule is C[C@@H](O[Si]CC(C)(C)C)[C@H]1C(=O)N2C(C(=O)O)=C(COc3ccc(COc4ccc5ccc(=O)oc5c4)cc3)[C@H](C)[C@H]12. The molecule has 1 aromatic heterocycles. The van der Waals surface area contributed by atoms with Gasteiger partial charge in [-0.25, -0.2) is 9.59 Å². The summed E-state index contributed by atoms with van der Waals surface area (Å²) >= 11 is 0. The lowest BCUT2D eigenvalue weighted by atomic mass is 9.78. The van der Waals surface area contributed by atoms with E-state index >= 15 is 0 Å². The van der Waals surface area contributed by atoms with E-state index < -0.39 is 11.6 Å². The number of hydrogen-bond donors (Lipinski definition) is 1. The highest BCUT2D eigenvalue weighted by Gasteiger charge is 2.60. The maximum Gasteiger partial charge on any atom is 0.352 e. The number of fused-ring (bicyclic) bond motifs is 2. The molecule has 2 radical (unpaired) electrons. The van der Waals surface area contributed by atoms with Gasteiger partial charge in [0.15, 0.2) is 0 Å². The molecule has 42 heavy (non-hydrogen) atoms. The molecule has 5 rings (SSSR count). The number of carboxylic acid groups (broad SMARTS) is 1. The van der Waals surface area contributed by atoms with Crippen molar-refractivity contribution in [2.45, 2.75) is 59.4 Å². The molecule has 4 atom stereocenters. The molecule has 220 valence electrons. The first-order valence-corrected chi connectivity index (χ1v) is 15.1. The summed E-state index contributed by atoms with van der Waals surface area (Å²) in [5.74, 6) is -0.726. The third-order valence-corrected chi connectivity index (χ3v) is 9.44. The Morgan fingerprint density at radius 2 is 1.69 bits per heavy atom. The molecule has 0 aliphatic carbocycles. The number of β-lactam (4-membered cyclic amide) rings is 1. The Balaban J connectivity index is 1.19. The van der Waals surface area contributed by atoms with E-state index in [0.29, 0.717) is 29.3 Å². The molecule has 0 spiro atoms. The van der Waals surface area contributed by atoms with Gasteiger partial charge in [0.1, 0.15) is 36.0 Å². The van der Waals surface area contributed by atoms with E-state index in [1.54, 1.807) is 24.3 Å². The summed E-state index contributed by atoms with van der Waals surface area (Å²) in [7, 11) is 0.279. The van der Waals surface area contributed by atoms with Crippen LogP contribution in [0.1, 0.15) is 40.2 Å². The standard InChI is InChI=1S/C32H35NO8Si/c1-18-24(29(31(36)37)33-28(18)27(30(33)35)19(2)41-42-17-32(3,4)5)16-39-22-10-6-20(7-11-22)15-38-23-12-8-21-9-13-26(34)40-25(21)14-23/h6-14,18-19,27-28H,15-17H2,1-5H3,(H,36,37)/t18-,19+,27+,28+/m0/s1. The number of nitrogens with zero attached hydrogens (tertiary/aromatic N) is 1. The molecule has 10 heteroatoms. The van der Waals surface area contributed by atoms with Crippen LogP contribution in [0.4, 0.5) is 0 Å². The summed E-state index contributed by atoms with van der Waals surface area (Å²) in [4.78, 5) is 38.2. The van der Waals surface area contributed by atoms with Gasteiger partial charge in [-0.1, -0.05) is 39.8 Å². The molecule has 2 aliphatic heterocycles. The maximum absolute atomic E-state index is 13.1. The number of benzene rings is 2. The van der Waals surface area contributed by atoms with Crippen molar-refractivity contribution in [1.82, 2.24) is 4.90 Å². The first-order chi connectivity index (χ1) is 19.9. The number of rotatable bonds is 11. The molecular formula is C32H35NO8Si. The van der Waals surface area contributed by atoms with Crippen LogP contribution in [0, 0.1) is 17.3 Å². The van der Waals surface area contributed by atoms with E-state index in [0.717, 1.165) is 17.0 Å². The zero-order valence-corrected chi connectivity index (χ0v) is 25.4. The van der Waals surface area contributed by atoms with Crippen LogP contribution in [0.5, 0.6) is 11.5 Å². The molecule has 1 amide bonds. The van der Waals surface area contributed by atoms with Crippen LogP contribution >= 0.6 is 0 Å². The quantitative estimate of drug-likeness (QED) is 0.188. The lowest BCUT2D eigenvalue weighted by Gasteiger charge is -2.47. The smallest absolute Gasteiger partial charge is 0.352 e. The van der Waals surface area contributed by atoms with Crippen molar-refractivity contribution in [2.24, 2.45) is 17.3 Å². The Kier molecular flexibility index (Phi) is 8.29. The Morgan fingerprint density at radius 3 is 2.38 bits per heavy atom. The van der Waals surface area contributed by atoms with E-state index in [1.807, 2.05) is 38.1 Å². The molecule has 1 N–H and O–H groups in total. The topological polar surface area (TPSA) is 116 Å². The second-order valence-electron chi connectivity index (χ2n) is 12.1. The number of carbonyl (C=O) groups is 2. The minimum absolute atomic E-state index is 0.0225. The number of carboxylic acids is 1. The molecule has 1 saturated heterocycles. The van der Waals surface area contributed by atoms with Gasteiger partial charge in [-0.15, -0.1) is 0 Å². The summed E-state index contributed by atoms with van der Waals surface area (Å²) in [5, 5.41) is 10.8.